The normalized spacial score (nSPS) is 12.7. The molecule has 0 spiro atoms. The van der Waals surface area contributed by atoms with Crippen molar-refractivity contribution in [2.75, 3.05) is 19.3 Å². The van der Waals surface area contributed by atoms with Crippen LogP contribution in [-0.4, -0.2) is 25.4 Å². The van der Waals surface area contributed by atoms with Crippen LogP contribution < -0.4 is 10.6 Å². The van der Waals surface area contributed by atoms with Crippen molar-refractivity contribution in [1.29, 1.82) is 0 Å². The summed E-state index contributed by atoms with van der Waals surface area (Å²) in [5.74, 6) is 0. The molecule has 0 saturated carbocycles. The van der Waals surface area contributed by atoms with E-state index in [1.54, 1.807) is 11.8 Å². The molecule has 0 aliphatic carbocycles. The Morgan fingerprint density at radius 3 is 2.50 bits per heavy atom. The second-order valence-corrected chi connectivity index (χ2v) is 4.82. The molecule has 0 aliphatic heterocycles. The molecule has 2 N–H and O–H groups in total. The van der Waals surface area contributed by atoms with E-state index in [0.717, 1.165) is 19.6 Å². The lowest BCUT2D eigenvalue weighted by Crippen LogP contribution is -2.35. The van der Waals surface area contributed by atoms with Crippen LogP contribution in [0.15, 0.2) is 29.2 Å². The Hall–Kier alpha value is -0.510. The molecule has 0 fully saturated rings. The summed E-state index contributed by atoms with van der Waals surface area (Å²) in [5.41, 5.74) is 1.35. The van der Waals surface area contributed by atoms with Crippen LogP contribution in [0.3, 0.4) is 0 Å². The van der Waals surface area contributed by atoms with E-state index in [0.29, 0.717) is 6.04 Å². The lowest BCUT2D eigenvalue weighted by atomic mass is 10.2. The van der Waals surface area contributed by atoms with Gasteiger partial charge in [0.1, 0.15) is 0 Å². The first-order valence-corrected chi connectivity index (χ1v) is 7.05. The number of hydrogen-bond acceptors (Lipinski definition) is 3. The summed E-state index contributed by atoms with van der Waals surface area (Å²) < 4.78 is 0. The van der Waals surface area contributed by atoms with Crippen LogP contribution in [0.25, 0.3) is 0 Å². The van der Waals surface area contributed by atoms with Gasteiger partial charge < -0.3 is 10.6 Å². The Kier molecular flexibility index (Phi) is 6.53. The lowest BCUT2D eigenvalue weighted by Gasteiger charge is -2.14. The topological polar surface area (TPSA) is 24.1 Å². The Balaban J connectivity index is 2.30. The van der Waals surface area contributed by atoms with Crippen molar-refractivity contribution in [3.05, 3.63) is 29.8 Å². The molecule has 0 amide bonds. The molecule has 16 heavy (non-hydrogen) atoms. The molecular weight excluding hydrogens is 216 g/mol. The first-order valence-electron chi connectivity index (χ1n) is 5.83. The predicted octanol–water partition coefficient (Wildman–Crippen LogP) is 2.50. The largest absolute Gasteiger partial charge is 0.315 e. The molecule has 1 aromatic carbocycles. The zero-order valence-electron chi connectivity index (χ0n) is 10.4. The van der Waals surface area contributed by atoms with Gasteiger partial charge in [0.2, 0.25) is 0 Å². The fourth-order valence-electron chi connectivity index (χ4n) is 1.47. The number of hydrogen-bond donors (Lipinski definition) is 2. The van der Waals surface area contributed by atoms with E-state index in [1.165, 1.54) is 10.5 Å². The van der Waals surface area contributed by atoms with Crippen LogP contribution in [0.5, 0.6) is 0 Å². The van der Waals surface area contributed by atoms with Gasteiger partial charge in [0.15, 0.2) is 0 Å². The van der Waals surface area contributed by atoms with E-state index >= 15 is 0 Å². The number of benzene rings is 1. The molecule has 3 heteroatoms. The van der Waals surface area contributed by atoms with Crippen LogP contribution in [0.2, 0.25) is 0 Å². The summed E-state index contributed by atoms with van der Waals surface area (Å²) in [4.78, 5) is 1.32. The first kappa shape index (κ1) is 13.6. The third kappa shape index (κ3) is 5.01. The molecule has 0 aromatic heterocycles. The monoisotopic (exact) mass is 238 g/mol. The summed E-state index contributed by atoms with van der Waals surface area (Å²) >= 11 is 1.78. The number of likely N-dealkylation sites (N-methyl/N-ethyl adjacent to an activating group) is 1. The van der Waals surface area contributed by atoms with Crippen molar-refractivity contribution in [2.45, 2.75) is 31.3 Å². The molecule has 1 unspecified atom stereocenters. The number of thioether (sulfide) groups is 1. The van der Waals surface area contributed by atoms with Crippen molar-refractivity contribution in [1.82, 2.24) is 10.6 Å². The molecule has 0 aliphatic rings. The smallest absolute Gasteiger partial charge is 0.0208 e. The Morgan fingerprint density at radius 2 is 1.94 bits per heavy atom. The average molecular weight is 238 g/mol. The van der Waals surface area contributed by atoms with Crippen LogP contribution >= 0.6 is 11.8 Å². The molecule has 2 nitrogen and oxygen atoms in total. The minimum absolute atomic E-state index is 0.514. The van der Waals surface area contributed by atoms with Gasteiger partial charge in [0.25, 0.3) is 0 Å². The maximum atomic E-state index is 3.50. The number of rotatable bonds is 7. The molecule has 0 heterocycles. The Bertz CT molecular complexity index is 284. The van der Waals surface area contributed by atoms with Gasteiger partial charge in [-0.25, -0.2) is 0 Å². The van der Waals surface area contributed by atoms with Crippen LogP contribution in [0.4, 0.5) is 0 Å². The second kappa shape index (κ2) is 7.71. The summed E-state index contributed by atoms with van der Waals surface area (Å²) in [5, 5.41) is 6.84. The number of nitrogens with one attached hydrogen (secondary N) is 2. The lowest BCUT2D eigenvalue weighted by molar-refractivity contribution is 0.509. The quantitative estimate of drug-likeness (QED) is 0.714. The van der Waals surface area contributed by atoms with Crippen LogP contribution in [0.1, 0.15) is 19.4 Å². The zero-order valence-corrected chi connectivity index (χ0v) is 11.2. The SMILES string of the molecule is CCNCC(C)NCc1ccc(SC)cc1. The van der Waals surface area contributed by atoms with Crippen LogP contribution in [0, 0.1) is 0 Å². The molecule has 0 radical (unpaired) electrons. The maximum Gasteiger partial charge on any atom is 0.0208 e. The van der Waals surface area contributed by atoms with Gasteiger partial charge in [0, 0.05) is 24.0 Å². The first-order chi connectivity index (χ1) is 7.76. The van der Waals surface area contributed by atoms with Gasteiger partial charge in [-0.3, -0.25) is 0 Å². The minimum Gasteiger partial charge on any atom is -0.315 e. The summed E-state index contributed by atoms with van der Waals surface area (Å²) in [6, 6.07) is 9.26. The summed E-state index contributed by atoms with van der Waals surface area (Å²) in [6.07, 6.45) is 2.10. The predicted molar refractivity (Wildman–Crippen MR) is 73.1 cm³/mol. The average Bonchev–Trinajstić information content (AvgIpc) is 2.34. The molecule has 1 rings (SSSR count). The minimum atomic E-state index is 0.514. The molecule has 90 valence electrons. The highest BCUT2D eigenvalue weighted by molar-refractivity contribution is 7.98. The van der Waals surface area contributed by atoms with E-state index in [2.05, 4.69) is 55.0 Å². The standard InChI is InChI=1S/C13H22N2S/c1-4-14-9-11(2)15-10-12-5-7-13(16-3)8-6-12/h5-8,11,14-15H,4,9-10H2,1-3H3. The third-order valence-electron chi connectivity index (χ3n) is 2.51. The highest BCUT2D eigenvalue weighted by atomic mass is 32.2. The molecule has 1 aromatic rings. The van der Waals surface area contributed by atoms with Gasteiger partial charge in [-0.2, -0.15) is 0 Å². The molecule has 0 saturated heterocycles. The van der Waals surface area contributed by atoms with Gasteiger partial charge in [0.05, 0.1) is 0 Å². The zero-order chi connectivity index (χ0) is 11.8. The van der Waals surface area contributed by atoms with E-state index in [-0.39, 0.29) is 0 Å². The van der Waals surface area contributed by atoms with E-state index < -0.39 is 0 Å². The van der Waals surface area contributed by atoms with Crippen molar-refractivity contribution in [2.24, 2.45) is 0 Å². The van der Waals surface area contributed by atoms with E-state index in [4.69, 9.17) is 0 Å². The third-order valence-corrected chi connectivity index (χ3v) is 3.26. The molecule has 0 bridgehead atoms. The highest BCUT2D eigenvalue weighted by Gasteiger charge is 2.00. The van der Waals surface area contributed by atoms with E-state index in [1.807, 2.05) is 0 Å². The fourth-order valence-corrected chi connectivity index (χ4v) is 1.88. The summed E-state index contributed by atoms with van der Waals surface area (Å²) in [6.45, 7) is 7.35. The van der Waals surface area contributed by atoms with Gasteiger partial charge in [-0.1, -0.05) is 19.1 Å². The highest BCUT2D eigenvalue weighted by Crippen LogP contribution is 2.14. The van der Waals surface area contributed by atoms with Crippen molar-refractivity contribution >= 4 is 11.8 Å². The molecule has 1 atom stereocenters. The van der Waals surface area contributed by atoms with Crippen molar-refractivity contribution in [3.63, 3.8) is 0 Å². The fraction of sp³-hybridized carbons (Fsp3) is 0.538. The van der Waals surface area contributed by atoms with Crippen molar-refractivity contribution < 1.29 is 0 Å². The van der Waals surface area contributed by atoms with Crippen LogP contribution in [-0.2, 0) is 6.54 Å². The summed E-state index contributed by atoms with van der Waals surface area (Å²) in [7, 11) is 0. The second-order valence-electron chi connectivity index (χ2n) is 3.94. The van der Waals surface area contributed by atoms with Gasteiger partial charge >= 0.3 is 0 Å². The maximum absolute atomic E-state index is 3.50. The van der Waals surface area contributed by atoms with Gasteiger partial charge in [-0.15, -0.1) is 11.8 Å². The Labute approximate surface area is 103 Å². The molecular formula is C13H22N2S. The van der Waals surface area contributed by atoms with E-state index in [9.17, 15) is 0 Å². The Morgan fingerprint density at radius 1 is 1.25 bits per heavy atom. The van der Waals surface area contributed by atoms with Gasteiger partial charge in [-0.05, 0) is 37.4 Å². The van der Waals surface area contributed by atoms with Crippen molar-refractivity contribution in [3.8, 4) is 0 Å².